The fourth-order valence-corrected chi connectivity index (χ4v) is 2.59. The Morgan fingerprint density at radius 3 is 2.45 bits per heavy atom. The zero-order valence-corrected chi connectivity index (χ0v) is 13.0. The third-order valence-corrected chi connectivity index (χ3v) is 3.73. The van der Waals surface area contributed by atoms with E-state index < -0.39 is 0 Å². The highest BCUT2D eigenvalue weighted by molar-refractivity contribution is 5.94. The molecule has 22 heavy (non-hydrogen) atoms. The molecule has 0 aliphatic carbocycles. The molecule has 0 unspecified atom stereocenters. The lowest BCUT2D eigenvalue weighted by atomic mass is 10.1. The number of likely N-dealkylation sites (tertiary alicyclic amines) is 1. The molecule has 1 aromatic carbocycles. The summed E-state index contributed by atoms with van der Waals surface area (Å²) in [6, 6.07) is 5.25. The lowest BCUT2D eigenvalue weighted by Crippen LogP contribution is -2.36. The largest absolute Gasteiger partial charge is 0.493 e. The molecule has 0 saturated carbocycles. The highest BCUT2D eigenvalue weighted by atomic mass is 16.5. The van der Waals surface area contributed by atoms with Gasteiger partial charge in [-0.3, -0.25) is 9.69 Å². The van der Waals surface area contributed by atoms with Gasteiger partial charge in [-0.05, 0) is 25.9 Å². The van der Waals surface area contributed by atoms with Crippen molar-refractivity contribution in [3.8, 4) is 17.6 Å². The number of nitriles is 1. The third-order valence-electron chi connectivity index (χ3n) is 3.73. The average molecular weight is 303 g/mol. The Morgan fingerprint density at radius 2 is 1.86 bits per heavy atom. The third kappa shape index (κ3) is 3.89. The maximum Gasteiger partial charge on any atom is 0.238 e. The van der Waals surface area contributed by atoms with Crippen LogP contribution in [0.1, 0.15) is 24.8 Å². The number of piperidine rings is 1. The van der Waals surface area contributed by atoms with Crippen molar-refractivity contribution in [3.63, 3.8) is 0 Å². The summed E-state index contributed by atoms with van der Waals surface area (Å²) in [6.45, 7) is 2.24. The summed E-state index contributed by atoms with van der Waals surface area (Å²) in [7, 11) is 3.02. The minimum Gasteiger partial charge on any atom is -0.493 e. The van der Waals surface area contributed by atoms with Crippen molar-refractivity contribution < 1.29 is 14.3 Å². The highest BCUT2D eigenvalue weighted by Crippen LogP contribution is 2.33. The minimum atomic E-state index is -0.120. The molecule has 0 atom stereocenters. The molecule has 0 bridgehead atoms. The number of benzene rings is 1. The second kappa shape index (κ2) is 7.66. The van der Waals surface area contributed by atoms with Crippen LogP contribution in [0.15, 0.2) is 12.1 Å². The van der Waals surface area contributed by atoms with Crippen molar-refractivity contribution in [1.29, 1.82) is 5.26 Å². The van der Waals surface area contributed by atoms with Crippen LogP contribution in [-0.2, 0) is 4.79 Å². The van der Waals surface area contributed by atoms with E-state index in [0.29, 0.717) is 29.3 Å². The number of carbonyl (C=O) groups excluding carboxylic acids is 1. The SMILES string of the molecule is COc1cc(C#N)c(NC(=O)CN2CCCCC2)cc1OC. The fraction of sp³-hybridized carbons (Fsp3) is 0.500. The molecule has 1 fully saturated rings. The van der Waals surface area contributed by atoms with Crippen molar-refractivity contribution in [1.82, 2.24) is 4.90 Å². The first-order valence-corrected chi connectivity index (χ1v) is 7.36. The van der Waals surface area contributed by atoms with E-state index in [1.165, 1.54) is 20.6 Å². The molecule has 1 N–H and O–H groups in total. The van der Waals surface area contributed by atoms with Crippen molar-refractivity contribution >= 4 is 11.6 Å². The summed E-state index contributed by atoms with van der Waals surface area (Å²) in [6.07, 6.45) is 3.49. The van der Waals surface area contributed by atoms with Gasteiger partial charge in [0, 0.05) is 12.1 Å². The summed E-state index contributed by atoms with van der Waals surface area (Å²) in [5.74, 6) is 0.827. The van der Waals surface area contributed by atoms with Gasteiger partial charge >= 0.3 is 0 Å². The monoisotopic (exact) mass is 303 g/mol. The molecular weight excluding hydrogens is 282 g/mol. The summed E-state index contributed by atoms with van der Waals surface area (Å²) in [5.41, 5.74) is 0.798. The quantitative estimate of drug-likeness (QED) is 0.900. The van der Waals surface area contributed by atoms with Gasteiger partial charge < -0.3 is 14.8 Å². The van der Waals surface area contributed by atoms with E-state index in [0.717, 1.165) is 25.9 Å². The van der Waals surface area contributed by atoms with E-state index in [-0.39, 0.29) is 5.91 Å². The molecule has 1 saturated heterocycles. The number of hydrogen-bond acceptors (Lipinski definition) is 5. The summed E-state index contributed by atoms with van der Waals surface area (Å²) in [4.78, 5) is 14.3. The van der Waals surface area contributed by atoms with E-state index in [1.54, 1.807) is 12.1 Å². The van der Waals surface area contributed by atoms with Gasteiger partial charge in [0.1, 0.15) is 6.07 Å². The first-order chi connectivity index (χ1) is 10.7. The molecule has 0 radical (unpaired) electrons. The Hall–Kier alpha value is -2.26. The molecule has 1 heterocycles. The normalized spacial score (nSPS) is 15.0. The molecule has 0 spiro atoms. The number of nitrogens with zero attached hydrogens (tertiary/aromatic N) is 2. The molecule has 6 nitrogen and oxygen atoms in total. The first-order valence-electron chi connectivity index (χ1n) is 7.36. The predicted molar refractivity (Wildman–Crippen MR) is 83.2 cm³/mol. The van der Waals surface area contributed by atoms with E-state index >= 15 is 0 Å². The standard InChI is InChI=1S/C16H21N3O3/c1-21-14-8-12(10-17)13(9-15(14)22-2)18-16(20)11-19-6-4-3-5-7-19/h8-9H,3-7,11H2,1-2H3,(H,18,20). The van der Waals surface area contributed by atoms with Crippen LogP contribution in [0, 0.1) is 11.3 Å². The van der Waals surface area contributed by atoms with Crippen LogP contribution < -0.4 is 14.8 Å². The predicted octanol–water partition coefficient (Wildman–Crippen LogP) is 2.00. The topological polar surface area (TPSA) is 74.6 Å². The summed E-state index contributed by atoms with van der Waals surface area (Å²) < 4.78 is 10.4. The molecule has 2 rings (SSSR count). The molecule has 118 valence electrons. The van der Waals surface area contributed by atoms with Crippen LogP contribution in [-0.4, -0.2) is 44.7 Å². The fourth-order valence-electron chi connectivity index (χ4n) is 2.59. The van der Waals surface area contributed by atoms with Crippen molar-refractivity contribution in [2.75, 3.05) is 39.2 Å². The van der Waals surface area contributed by atoms with Gasteiger partial charge in [-0.15, -0.1) is 0 Å². The van der Waals surface area contributed by atoms with E-state index in [4.69, 9.17) is 9.47 Å². The molecule has 1 aromatic rings. The van der Waals surface area contributed by atoms with E-state index in [9.17, 15) is 10.1 Å². The Kier molecular flexibility index (Phi) is 5.61. The Labute approximate surface area is 130 Å². The number of nitrogens with one attached hydrogen (secondary N) is 1. The van der Waals surface area contributed by atoms with Crippen LogP contribution in [0.4, 0.5) is 5.69 Å². The number of amides is 1. The van der Waals surface area contributed by atoms with E-state index in [1.807, 2.05) is 0 Å². The second-order valence-electron chi connectivity index (χ2n) is 5.25. The average Bonchev–Trinajstić information content (AvgIpc) is 2.55. The Bertz CT molecular complexity index is 575. The number of hydrogen-bond donors (Lipinski definition) is 1. The maximum atomic E-state index is 12.2. The zero-order chi connectivity index (χ0) is 15.9. The molecule has 1 amide bonds. The van der Waals surface area contributed by atoms with Gasteiger partial charge in [0.2, 0.25) is 5.91 Å². The van der Waals surface area contributed by atoms with Gasteiger partial charge in [0.15, 0.2) is 11.5 Å². The molecule has 1 aliphatic rings. The number of carbonyl (C=O) groups is 1. The molecule has 1 aliphatic heterocycles. The number of anilines is 1. The Morgan fingerprint density at radius 1 is 1.23 bits per heavy atom. The molecule has 6 heteroatoms. The zero-order valence-electron chi connectivity index (χ0n) is 13.0. The van der Waals surface area contributed by atoms with Gasteiger partial charge in [-0.2, -0.15) is 5.26 Å². The first kappa shape index (κ1) is 16.1. The minimum absolute atomic E-state index is 0.120. The number of rotatable bonds is 5. The number of methoxy groups -OCH3 is 2. The van der Waals surface area contributed by atoms with Gasteiger partial charge in [0.25, 0.3) is 0 Å². The van der Waals surface area contributed by atoms with E-state index in [2.05, 4.69) is 16.3 Å². The van der Waals surface area contributed by atoms with Gasteiger partial charge in [0.05, 0.1) is 32.0 Å². The summed E-state index contributed by atoms with van der Waals surface area (Å²) in [5, 5.41) is 12.0. The second-order valence-corrected chi connectivity index (χ2v) is 5.25. The lowest BCUT2D eigenvalue weighted by Gasteiger charge is -2.25. The molecule has 0 aromatic heterocycles. The van der Waals surface area contributed by atoms with Crippen LogP contribution in [0.2, 0.25) is 0 Å². The Balaban J connectivity index is 2.10. The number of ether oxygens (including phenoxy) is 2. The van der Waals surface area contributed by atoms with Crippen LogP contribution in [0.3, 0.4) is 0 Å². The smallest absolute Gasteiger partial charge is 0.238 e. The molecular formula is C16H21N3O3. The van der Waals surface area contributed by atoms with Crippen LogP contribution in [0.25, 0.3) is 0 Å². The lowest BCUT2D eigenvalue weighted by molar-refractivity contribution is -0.117. The summed E-state index contributed by atoms with van der Waals surface area (Å²) >= 11 is 0. The van der Waals surface area contributed by atoms with Crippen molar-refractivity contribution in [2.24, 2.45) is 0 Å². The maximum absolute atomic E-state index is 12.2. The van der Waals surface area contributed by atoms with Gasteiger partial charge in [-0.1, -0.05) is 6.42 Å². The highest BCUT2D eigenvalue weighted by Gasteiger charge is 2.16. The van der Waals surface area contributed by atoms with Crippen LogP contribution in [0.5, 0.6) is 11.5 Å². The van der Waals surface area contributed by atoms with Crippen molar-refractivity contribution in [3.05, 3.63) is 17.7 Å². The van der Waals surface area contributed by atoms with Crippen molar-refractivity contribution in [2.45, 2.75) is 19.3 Å². The van der Waals surface area contributed by atoms with Gasteiger partial charge in [-0.25, -0.2) is 0 Å². The van der Waals surface area contributed by atoms with Crippen LogP contribution >= 0.6 is 0 Å².